The molecule has 0 bridgehead atoms. The van der Waals surface area contributed by atoms with Crippen LogP contribution in [-0.2, 0) is 13.1 Å². The smallest absolute Gasteiger partial charge is 0.322 e. The van der Waals surface area contributed by atoms with Crippen LogP contribution in [0.2, 0.25) is 0 Å². The first-order valence-corrected chi connectivity index (χ1v) is 10.1. The number of carbonyl (C=O) groups excluding carboxylic acids is 1. The van der Waals surface area contributed by atoms with E-state index in [4.69, 9.17) is 19.3 Å². The van der Waals surface area contributed by atoms with Gasteiger partial charge in [-0.1, -0.05) is 12.1 Å². The van der Waals surface area contributed by atoms with E-state index in [1.165, 1.54) is 0 Å². The van der Waals surface area contributed by atoms with Gasteiger partial charge in [0.05, 0.1) is 44.9 Å². The van der Waals surface area contributed by atoms with Crippen molar-refractivity contribution in [1.29, 1.82) is 0 Å². The Morgan fingerprint density at radius 1 is 0.968 bits per heavy atom. The first-order valence-electron chi connectivity index (χ1n) is 10.1. The van der Waals surface area contributed by atoms with Gasteiger partial charge in [0.25, 0.3) is 0 Å². The maximum absolute atomic E-state index is 13.0. The van der Waals surface area contributed by atoms with Gasteiger partial charge in [-0.3, -0.25) is 4.68 Å². The van der Waals surface area contributed by atoms with E-state index in [9.17, 15) is 4.79 Å². The second-order valence-corrected chi connectivity index (χ2v) is 7.25. The summed E-state index contributed by atoms with van der Waals surface area (Å²) >= 11 is 0. The van der Waals surface area contributed by atoms with Gasteiger partial charge in [0, 0.05) is 24.7 Å². The summed E-state index contributed by atoms with van der Waals surface area (Å²) in [5.41, 5.74) is 3.41. The molecule has 2 aromatic carbocycles. The van der Waals surface area contributed by atoms with E-state index in [-0.39, 0.29) is 6.03 Å². The number of carbonyl (C=O) groups is 1. The molecule has 2 amide bonds. The number of benzene rings is 2. The number of aromatic nitrogens is 2. The third kappa shape index (κ3) is 4.42. The average molecular weight is 422 g/mol. The maximum Gasteiger partial charge on any atom is 0.322 e. The second-order valence-electron chi connectivity index (χ2n) is 7.25. The number of anilines is 1. The van der Waals surface area contributed by atoms with E-state index in [0.717, 1.165) is 35.7 Å². The Kier molecular flexibility index (Phi) is 5.97. The lowest BCUT2D eigenvalue weighted by Crippen LogP contribution is -2.34. The highest BCUT2D eigenvalue weighted by molar-refractivity contribution is 5.91. The van der Waals surface area contributed by atoms with E-state index >= 15 is 0 Å². The van der Waals surface area contributed by atoms with Crippen LogP contribution in [0.3, 0.4) is 0 Å². The van der Waals surface area contributed by atoms with Gasteiger partial charge in [-0.05, 0) is 36.8 Å². The predicted molar refractivity (Wildman–Crippen MR) is 118 cm³/mol. The Balaban J connectivity index is 1.54. The molecular formula is C23H26N4O4. The van der Waals surface area contributed by atoms with E-state index in [1.54, 1.807) is 44.4 Å². The minimum absolute atomic E-state index is 0.191. The number of hydrogen-bond acceptors (Lipinski definition) is 5. The lowest BCUT2D eigenvalue weighted by Gasteiger charge is -2.21. The van der Waals surface area contributed by atoms with Gasteiger partial charge >= 0.3 is 6.03 Å². The van der Waals surface area contributed by atoms with Crippen molar-refractivity contribution in [2.75, 3.05) is 33.2 Å². The average Bonchev–Trinajstić information content (AvgIpc) is 3.10. The molecule has 0 saturated carbocycles. The Morgan fingerprint density at radius 3 is 2.55 bits per heavy atom. The van der Waals surface area contributed by atoms with Crippen LogP contribution >= 0.6 is 0 Å². The Hall–Kier alpha value is -3.68. The van der Waals surface area contributed by atoms with E-state index < -0.39 is 0 Å². The fraction of sp³-hybridized carbons (Fsp3) is 0.304. The van der Waals surface area contributed by atoms with Crippen LogP contribution in [0.5, 0.6) is 17.2 Å². The van der Waals surface area contributed by atoms with Gasteiger partial charge in [0.2, 0.25) is 0 Å². The SMILES string of the molecule is COc1cccc(-c2cc3n(n2)CCCN(C(=O)Nc2cc(OC)ccc2OC)C3)c1. The highest BCUT2D eigenvalue weighted by Crippen LogP contribution is 2.30. The molecule has 0 unspecified atom stereocenters. The molecular weight excluding hydrogens is 396 g/mol. The van der Waals surface area contributed by atoms with Crippen LogP contribution in [-0.4, -0.2) is 48.6 Å². The number of nitrogens with one attached hydrogen (secondary N) is 1. The number of aryl methyl sites for hydroxylation is 1. The summed E-state index contributed by atoms with van der Waals surface area (Å²) in [5.74, 6) is 2.01. The van der Waals surface area contributed by atoms with Crippen molar-refractivity contribution in [3.05, 3.63) is 54.2 Å². The van der Waals surface area contributed by atoms with Crippen molar-refractivity contribution >= 4 is 11.7 Å². The van der Waals surface area contributed by atoms with Gasteiger partial charge in [0.15, 0.2) is 0 Å². The molecule has 8 heteroatoms. The topological polar surface area (TPSA) is 77.9 Å². The lowest BCUT2D eigenvalue weighted by molar-refractivity contribution is 0.210. The molecule has 31 heavy (non-hydrogen) atoms. The van der Waals surface area contributed by atoms with Crippen LogP contribution < -0.4 is 19.5 Å². The molecule has 162 valence electrons. The summed E-state index contributed by atoms with van der Waals surface area (Å²) in [6, 6.07) is 15.0. The standard InChI is InChI=1S/C23H26N4O4/c1-29-18-7-4-6-16(12-18)20-13-17-15-26(10-5-11-27(17)25-20)23(28)24-21-14-19(30-2)8-9-22(21)31-3/h4,6-9,12-14H,5,10-11,15H2,1-3H3,(H,24,28). The van der Waals surface area contributed by atoms with Crippen LogP contribution in [0.4, 0.5) is 10.5 Å². The number of hydrogen-bond donors (Lipinski definition) is 1. The number of rotatable bonds is 5. The third-order valence-corrected chi connectivity index (χ3v) is 5.32. The normalized spacial score (nSPS) is 13.2. The van der Waals surface area contributed by atoms with Crippen molar-refractivity contribution in [3.63, 3.8) is 0 Å². The number of urea groups is 1. The molecule has 2 heterocycles. The van der Waals surface area contributed by atoms with Gasteiger partial charge in [-0.15, -0.1) is 0 Å². The summed E-state index contributed by atoms with van der Waals surface area (Å²) in [4.78, 5) is 14.8. The number of ether oxygens (including phenoxy) is 3. The molecule has 1 N–H and O–H groups in total. The summed E-state index contributed by atoms with van der Waals surface area (Å²) in [6.07, 6.45) is 0.814. The summed E-state index contributed by atoms with van der Waals surface area (Å²) < 4.78 is 17.9. The van der Waals surface area contributed by atoms with Gasteiger partial charge in [-0.25, -0.2) is 4.79 Å². The molecule has 4 rings (SSSR count). The summed E-state index contributed by atoms with van der Waals surface area (Å²) in [6.45, 7) is 1.86. The molecule has 1 aliphatic heterocycles. The van der Waals surface area contributed by atoms with Gasteiger partial charge < -0.3 is 24.4 Å². The second kappa shape index (κ2) is 8.99. The van der Waals surface area contributed by atoms with Crippen molar-refractivity contribution < 1.29 is 19.0 Å². The van der Waals surface area contributed by atoms with Crippen LogP contribution in [0.15, 0.2) is 48.5 Å². The monoisotopic (exact) mass is 422 g/mol. The zero-order chi connectivity index (χ0) is 21.8. The van der Waals surface area contributed by atoms with Crippen LogP contribution in [0.1, 0.15) is 12.1 Å². The van der Waals surface area contributed by atoms with Crippen LogP contribution in [0.25, 0.3) is 11.3 Å². The predicted octanol–water partition coefficient (Wildman–Crippen LogP) is 4.01. The van der Waals surface area contributed by atoms with Crippen LogP contribution in [0, 0.1) is 0 Å². The molecule has 0 spiro atoms. The zero-order valence-electron chi connectivity index (χ0n) is 17.9. The summed E-state index contributed by atoms with van der Waals surface area (Å²) in [5, 5.41) is 7.70. The maximum atomic E-state index is 13.0. The van der Waals surface area contributed by atoms with E-state index in [0.29, 0.717) is 30.3 Å². The molecule has 3 aromatic rings. The largest absolute Gasteiger partial charge is 0.497 e. The first kappa shape index (κ1) is 20.6. The van der Waals surface area contributed by atoms with Gasteiger partial charge in [0.1, 0.15) is 17.2 Å². The summed E-state index contributed by atoms with van der Waals surface area (Å²) in [7, 11) is 4.81. The van der Waals surface area contributed by atoms with Crippen molar-refractivity contribution in [1.82, 2.24) is 14.7 Å². The Morgan fingerprint density at radius 2 is 1.77 bits per heavy atom. The lowest BCUT2D eigenvalue weighted by atomic mass is 10.1. The Labute approximate surface area is 181 Å². The number of nitrogens with zero attached hydrogens (tertiary/aromatic N) is 3. The highest BCUT2D eigenvalue weighted by Gasteiger charge is 2.22. The molecule has 8 nitrogen and oxygen atoms in total. The fourth-order valence-corrected chi connectivity index (χ4v) is 3.67. The highest BCUT2D eigenvalue weighted by atomic mass is 16.5. The molecule has 0 radical (unpaired) electrons. The number of fused-ring (bicyclic) bond motifs is 1. The van der Waals surface area contributed by atoms with Gasteiger partial charge in [-0.2, -0.15) is 5.10 Å². The van der Waals surface area contributed by atoms with Crippen molar-refractivity contribution in [2.24, 2.45) is 0 Å². The molecule has 0 saturated heterocycles. The van der Waals surface area contributed by atoms with E-state index in [1.807, 2.05) is 35.0 Å². The fourth-order valence-electron chi connectivity index (χ4n) is 3.67. The van der Waals surface area contributed by atoms with Crippen molar-refractivity contribution in [2.45, 2.75) is 19.5 Å². The molecule has 0 fully saturated rings. The molecule has 1 aliphatic rings. The minimum atomic E-state index is -0.191. The first-order chi connectivity index (χ1) is 15.1. The molecule has 0 aliphatic carbocycles. The zero-order valence-corrected chi connectivity index (χ0v) is 17.9. The number of amides is 2. The molecule has 0 atom stereocenters. The Bertz CT molecular complexity index is 1080. The molecule has 1 aromatic heterocycles. The van der Waals surface area contributed by atoms with Crippen molar-refractivity contribution in [3.8, 4) is 28.5 Å². The number of methoxy groups -OCH3 is 3. The quantitative estimate of drug-likeness (QED) is 0.672. The van der Waals surface area contributed by atoms with E-state index in [2.05, 4.69) is 5.32 Å². The third-order valence-electron chi connectivity index (χ3n) is 5.32. The minimum Gasteiger partial charge on any atom is -0.497 e.